The van der Waals surface area contributed by atoms with Gasteiger partial charge in [0.15, 0.2) is 5.96 Å². The molecular weight excluding hydrogens is 499 g/mol. The van der Waals surface area contributed by atoms with Gasteiger partial charge in [-0.1, -0.05) is 6.07 Å². The maximum Gasteiger partial charge on any atom is 0.251 e. The number of nitrogens with one attached hydrogen (secondary N) is 3. The maximum atomic E-state index is 12.2. The first-order chi connectivity index (χ1) is 14.1. The minimum absolute atomic E-state index is 0. The number of guanidine groups is 1. The fourth-order valence-electron chi connectivity index (χ4n) is 2.62. The van der Waals surface area contributed by atoms with Crippen molar-refractivity contribution in [2.24, 2.45) is 4.99 Å². The van der Waals surface area contributed by atoms with Crippen molar-refractivity contribution in [2.75, 3.05) is 41.5 Å². The number of benzene rings is 2. The van der Waals surface area contributed by atoms with Gasteiger partial charge in [0.05, 0.1) is 21.3 Å². The second kappa shape index (κ2) is 13.5. The molecule has 2 aromatic carbocycles. The van der Waals surface area contributed by atoms with Gasteiger partial charge in [-0.25, -0.2) is 0 Å². The van der Waals surface area contributed by atoms with Gasteiger partial charge in [0.2, 0.25) is 0 Å². The van der Waals surface area contributed by atoms with Crippen LogP contribution in [0.15, 0.2) is 47.5 Å². The average Bonchev–Trinajstić information content (AvgIpc) is 2.78. The Kier molecular flexibility index (Phi) is 11.4. The molecule has 0 saturated carbocycles. The van der Waals surface area contributed by atoms with Gasteiger partial charge in [0.25, 0.3) is 5.91 Å². The zero-order valence-corrected chi connectivity index (χ0v) is 20.0. The van der Waals surface area contributed by atoms with Crippen molar-refractivity contribution in [3.05, 3.63) is 53.6 Å². The third-order valence-corrected chi connectivity index (χ3v) is 4.20. The van der Waals surface area contributed by atoms with Crippen LogP contribution in [0.3, 0.4) is 0 Å². The highest BCUT2D eigenvalue weighted by molar-refractivity contribution is 14.0. The van der Waals surface area contributed by atoms with Crippen molar-refractivity contribution < 1.29 is 19.0 Å². The summed E-state index contributed by atoms with van der Waals surface area (Å²) in [5.74, 6) is 2.59. The SMILES string of the molecule is CN=C(NCCNC(=O)c1cccc(OC)c1)NCc1ccc(OC)cc1OC.I. The molecule has 0 aliphatic rings. The molecule has 30 heavy (non-hydrogen) atoms. The molecule has 0 heterocycles. The van der Waals surface area contributed by atoms with Crippen LogP contribution in [0.25, 0.3) is 0 Å². The number of ether oxygens (including phenoxy) is 3. The van der Waals surface area contributed by atoms with E-state index >= 15 is 0 Å². The van der Waals surface area contributed by atoms with Gasteiger partial charge in [0, 0.05) is 43.9 Å². The van der Waals surface area contributed by atoms with Crippen LogP contribution >= 0.6 is 24.0 Å². The number of nitrogens with zero attached hydrogens (tertiary/aromatic N) is 1. The lowest BCUT2D eigenvalue weighted by Gasteiger charge is -2.14. The van der Waals surface area contributed by atoms with E-state index in [2.05, 4.69) is 20.9 Å². The van der Waals surface area contributed by atoms with Crippen LogP contribution in [0.5, 0.6) is 17.2 Å². The molecule has 0 atom stereocenters. The van der Waals surface area contributed by atoms with Gasteiger partial charge in [-0.3, -0.25) is 9.79 Å². The summed E-state index contributed by atoms with van der Waals surface area (Å²) in [6.45, 7) is 1.50. The molecule has 0 aromatic heterocycles. The third-order valence-electron chi connectivity index (χ3n) is 4.20. The van der Waals surface area contributed by atoms with Crippen LogP contribution in [0.1, 0.15) is 15.9 Å². The molecule has 1 amide bonds. The first-order valence-electron chi connectivity index (χ1n) is 9.19. The summed E-state index contributed by atoms with van der Waals surface area (Å²) in [4.78, 5) is 16.4. The number of hydrogen-bond donors (Lipinski definition) is 3. The summed E-state index contributed by atoms with van der Waals surface area (Å²) in [5, 5.41) is 9.25. The summed E-state index contributed by atoms with van der Waals surface area (Å²) in [6.07, 6.45) is 0. The average molecular weight is 528 g/mol. The zero-order valence-electron chi connectivity index (χ0n) is 17.7. The van der Waals surface area contributed by atoms with Gasteiger partial charge in [-0.05, 0) is 30.3 Å². The third kappa shape index (κ3) is 7.62. The topological polar surface area (TPSA) is 93.2 Å². The molecule has 164 valence electrons. The molecule has 0 aliphatic carbocycles. The number of methoxy groups -OCH3 is 3. The molecule has 0 aliphatic heterocycles. The fourth-order valence-corrected chi connectivity index (χ4v) is 2.62. The van der Waals surface area contributed by atoms with E-state index in [1.807, 2.05) is 18.2 Å². The fraction of sp³-hybridized carbons (Fsp3) is 0.333. The minimum atomic E-state index is -0.156. The summed E-state index contributed by atoms with van der Waals surface area (Å²) < 4.78 is 15.7. The largest absolute Gasteiger partial charge is 0.497 e. The number of rotatable bonds is 9. The molecule has 0 unspecified atom stereocenters. The standard InChI is InChI=1S/C21H28N4O4.HI/c1-22-21(25-14-16-8-9-18(28-3)13-19(16)29-4)24-11-10-23-20(26)15-6-5-7-17(12-15)27-2;/h5-9,12-13H,10-11,14H2,1-4H3,(H,23,26)(H2,22,24,25);1H. The molecule has 0 fully saturated rings. The van der Waals surface area contributed by atoms with Crippen molar-refractivity contribution >= 4 is 35.8 Å². The number of amides is 1. The Labute approximate surface area is 194 Å². The van der Waals surface area contributed by atoms with Gasteiger partial charge < -0.3 is 30.2 Å². The molecule has 8 nitrogen and oxygen atoms in total. The molecule has 0 spiro atoms. The van der Waals surface area contributed by atoms with Crippen LogP contribution < -0.4 is 30.2 Å². The van der Waals surface area contributed by atoms with Crippen molar-refractivity contribution in [2.45, 2.75) is 6.54 Å². The van der Waals surface area contributed by atoms with Crippen LogP contribution in [-0.4, -0.2) is 53.3 Å². The van der Waals surface area contributed by atoms with Crippen molar-refractivity contribution in [1.29, 1.82) is 0 Å². The van der Waals surface area contributed by atoms with E-state index in [0.717, 1.165) is 17.1 Å². The van der Waals surface area contributed by atoms with E-state index in [0.29, 0.717) is 36.9 Å². The quantitative estimate of drug-likeness (QED) is 0.201. The maximum absolute atomic E-state index is 12.2. The lowest BCUT2D eigenvalue weighted by atomic mass is 10.2. The van der Waals surface area contributed by atoms with E-state index in [-0.39, 0.29) is 29.9 Å². The number of carbonyl (C=O) groups is 1. The Morgan fingerprint density at radius 1 is 0.900 bits per heavy atom. The molecular formula is C21H29IN4O4. The van der Waals surface area contributed by atoms with E-state index in [1.54, 1.807) is 52.6 Å². The Hall–Kier alpha value is -2.69. The van der Waals surface area contributed by atoms with E-state index < -0.39 is 0 Å². The van der Waals surface area contributed by atoms with Crippen LogP contribution in [0.2, 0.25) is 0 Å². The first kappa shape index (κ1) is 25.3. The van der Waals surface area contributed by atoms with E-state index in [4.69, 9.17) is 14.2 Å². The Balaban J connectivity index is 0.00000450. The highest BCUT2D eigenvalue weighted by Crippen LogP contribution is 2.24. The Bertz CT molecular complexity index is 846. The first-order valence-corrected chi connectivity index (χ1v) is 9.19. The van der Waals surface area contributed by atoms with E-state index in [9.17, 15) is 4.79 Å². The number of halogens is 1. The monoisotopic (exact) mass is 528 g/mol. The summed E-state index contributed by atoms with van der Waals surface area (Å²) >= 11 is 0. The van der Waals surface area contributed by atoms with E-state index in [1.165, 1.54) is 0 Å². The molecule has 2 aromatic rings. The molecule has 0 radical (unpaired) electrons. The van der Waals surface area contributed by atoms with Crippen LogP contribution in [0, 0.1) is 0 Å². The second-order valence-corrected chi connectivity index (χ2v) is 6.02. The summed E-state index contributed by atoms with van der Waals surface area (Å²) in [6, 6.07) is 12.7. The van der Waals surface area contributed by atoms with Gasteiger partial charge >= 0.3 is 0 Å². The predicted molar refractivity (Wildman–Crippen MR) is 128 cm³/mol. The molecule has 0 bridgehead atoms. The minimum Gasteiger partial charge on any atom is -0.497 e. The van der Waals surface area contributed by atoms with Crippen molar-refractivity contribution in [3.63, 3.8) is 0 Å². The molecule has 9 heteroatoms. The Morgan fingerprint density at radius 3 is 2.27 bits per heavy atom. The normalized spacial score (nSPS) is 10.5. The van der Waals surface area contributed by atoms with Crippen molar-refractivity contribution in [1.82, 2.24) is 16.0 Å². The number of hydrogen-bond acceptors (Lipinski definition) is 5. The highest BCUT2D eigenvalue weighted by atomic mass is 127. The van der Waals surface area contributed by atoms with Gasteiger partial charge in [-0.15, -0.1) is 24.0 Å². The lowest BCUT2D eigenvalue weighted by molar-refractivity contribution is 0.0954. The summed E-state index contributed by atoms with van der Waals surface area (Å²) in [5.41, 5.74) is 1.53. The summed E-state index contributed by atoms with van der Waals surface area (Å²) in [7, 11) is 6.50. The molecule has 3 N–H and O–H groups in total. The predicted octanol–water partition coefficient (Wildman–Crippen LogP) is 2.43. The highest BCUT2D eigenvalue weighted by Gasteiger charge is 2.08. The van der Waals surface area contributed by atoms with Crippen LogP contribution in [-0.2, 0) is 6.54 Å². The number of carbonyl (C=O) groups excluding carboxylic acids is 1. The van der Waals surface area contributed by atoms with Gasteiger partial charge in [-0.2, -0.15) is 0 Å². The van der Waals surface area contributed by atoms with Crippen LogP contribution in [0.4, 0.5) is 0 Å². The Morgan fingerprint density at radius 2 is 1.60 bits per heavy atom. The second-order valence-electron chi connectivity index (χ2n) is 6.02. The molecule has 0 saturated heterocycles. The van der Waals surface area contributed by atoms with Crippen molar-refractivity contribution in [3.8, 4) is 17.2 Å². The number of aliphatic imine (C=N–C) groups is 1. The molecule has 2 rings (SSSR count). The lowest BCUT2D eigenvalue weighted by Crippen LogP contribution is -2.41. The van der Waals surface area contributed by atoms with Gasteiger partial charge in [0.1, 0.15) is 17.2 Å². The zero-order chi connectivity index (χ0) is 21.1. The smallest absolute Gasteiger partial charge is 0.251 e.